The van der Waals surface area contributed by atoms with Crippen LogP contribution < -0.4 is 5.32 Å². The molecule has 0 aliphatic carbocycles. The van der Waals surface area contributed by atoms with E-state index in [-0.39, 0.29) is 17.4 Å². The fourth-order valence-corrected chi connectivity index (χ4v) is 3.23. The number of rotatable bonds is 7. The molecule has 0 bridgehead atoms. The SMILES string of the molecule is CCc1ccc(CC(=O)N[C@H](C)CC(C)(C)c2ccccc2)cc1. The molecule has 0 saturated heterocycles. The molecule has 2 nitrogen and oxygen atoms in total. The van der Waals surface area contributed by atoms with E-state index in [9.17, 15) is 4.79 Å². The van der Waals surface area contributed by atoms with Crippen molar-refractivity contribution < 1.29 is 4.79 Å². The molecule has 0 aliphatic heterocycles. The van der Waals surface area contributed by atoms with Crippen molar-refractivity contribution in [3.63, 3.8) is 0 Å². The fourth-order valence-electron chi connectivity index (χ4n) is 3.23. The summed E-state index contributed by atoms with van der Waals surface area (Å²) in [5.41, 5.74) is 3.72. The molecule has 0 spiro atoms. The number of aryl methyl sites for hydroxylation is 1. The van der Waals surface area contributed by atoms with Crippen molar-refractivity contribution >= 4 is 5.91 Å². The molecule has 128 valence electrons. The summed E-state index contributed by atoms with van der Waals surface area (Å²) in [5.74, 6) is 0.0932. The Labute approximate surface area is 146 Å². The molecule has 2 rings (SSSR count). The number of carbonyl (C=O) groups is 1. The van der Waals surface area contributed by atoms with Crippen molar-refractivity contribution in [1.29, 1.82) is 0 Å². The average molecular weight is 323 g/mol. The van der Waals surface area contributed by atoms with Crippen LogP contribution in [0.5, 0.6) is 0 Å². The second-order valence-corrected chi connectivity index (χ2v) is 7.27. The molecular formula is C22H29NO. The summed E-state index contributed by atoms with van der Waals surface area (Å²) < 4.78 is 0. The van der Waals surface area contributed by atoms with Crippen LogP contribution in [-0.2, 0) is 23.1 Å². The highest BCUT2D eigenvalue weighted by molar-refractivity contribution is 5.78. The lowest BCUT2D eigenvalue weighted by atomic mass is 9.79. The highest BCUT2D eigenvalue weighted by Gasteiger charge is 2.23. The molecule has 24 heavy (non-hydrogen) atoms. The maximum absolute atomic E-state index is 12.3. The maximum atomic E-state index is 12.3. The predicted molar refractivity (Wildman–Crippen MR) is 101 cm³/mol. The van der Waals surface area contributed by atoms with Crippen LogP contribution in [0.2, 0.25) is 0 Å². The van der Waals surface area contributed by atoms with Crippen LogP contribution in [0.3, 0.4) is 0 Å². The topological polar surface area (TPSA) is 29.1 Å². The van der Waals surface area contributed by atoms with Crippen molar-refractivity contribution in [1.82, 2.24) is 5.32 Å². The molecule has 0 heterocycles. The van der Waals surface area contributed by atoms with Crippen LogP contribution in [0.4, 0.5) is 0 Å². The van der Waals surface area contributed by atoms with Crippen LogP contribution in [-0.4, -0.2) is 11.9 Å². The van der Waals surface area contributed by atoms with Gasteiger partial charge in [-0.3, -0.25) is 4.79 Å². The van der Waals surface area contributed by atoms with Crippen molar-refractivity contribution in [3.05, 3.63) is 71.3 Å². The monoisotopic (exact) mass is 323 g/mol. The van der Waals surface area contributed by atoms with E-state index in [0.29, 0.717) is 6.42 Å². The van der Waals surface area contributed by atoms with Gasteiger partial charge in [-0.1, -0.05) is 75.4 Å². The van der Waals surface area contributed by atoms with Gasteiger partial charge in [0.1, 0.15) is 0 Å². The van der Waals surface area contributed by atoms with Gasteiger partial charge < -0.3 is 5.32 Å². The molecule has 0 aromatic heterocycles. The molecule has 1 atom stereocenters. The van der Waals surface area contributed by atoms with E-state index < -0.39 is 0 Å². The van der Waals surface area contributed by atoms with Gasteiger partial charge in [0, 0.05) is 6.04 Å². The molecule has 1 amide bonds. The zero-order valence-corrected chi connectivity index (χ0v) is 15.3. The Morgan fingerprint density at radius 3 is 2.17 bits per heavy atom. The lowest BCUT2D eigenvalue weighted by Gasteiger charge is -2.29. The van der Waals surface area contributed by atoms with Crippen LogP contribution in [0.25, 0.3) is 0 Å². The van der Waals surface area contributed by atoms with E-state index in [1.165, 1.54) is 11.1 Å². The van der Waals surface area contributed by atoms with Gasteiger partial charge in [-0.15, -0.1) is 0 Å². The van der Waals surface area contributed by atoms with Gasteiger partial charge in [0.25, 0.3) is 0 Å². The van der Waals surface area contributed by atoms with Crippen LogP contribution in [0, 0.1) is 0 Å². The van der Waals surface area contributed by atoms with Crippen molar-refractivity contribution in [2.24, 2.45) is 0 Å². The minimum absolute atomic E-state index is 0.0384. The van der Waals surface area contributed by atoms with E-state index in [2.05, 4.69) is 81.5 Å². The predicted octanol–water partition coefficient (Wildman–Crippen LogP) is 4.66. The smallest absolute Gasteiger partial charge is 0.224 e. The Kier molecular flexibility index (Phi) is 6.19. The first kappa shape index (κ1) is 18.3. The highest BCUT2D eigenvalue weighted by Crippen LogP contribution is 2.28. The fraction of sp³-hybridized carbons (Fsp3) is 0.409. The first-order valence-electron chi connectivity index (χ1n) is 8.83. The largest absolute Gasteiger partial charge is 0.353 e. The normalized spacial score (nSPS) is 12.7. The lowest BCUT2D eigenvalue weighted by Crippen LogP contribution is -2.38. The van der Waals surface area contributed by atoms with E-state index in [1.807, 2.05) is 6.07 Å². The molecule has 0 fully saturated rings. The van der Waals surface area contributed by atoms with Gasteiger partial charge in [-0.2, -0.15) is 0 Å². The third kappa shape index (κ3) is 5.23. The highest BCUT2D eigenvalue weighted by atomic mass is 16.1. The van der Waals surface area contributed by atoms with E-state index in [1.54, 1.807) is 0 Å². The Balaban J connectivity index is 1.89. The van der Waals surface area contributed by atoms with Crippen molar-refractivity contribution in [2.75, 3.05) is 0 Å². The third-order valence-corrected chi connectivity index (χ3v) is 4.58. The first-order valence-corrected chi connectivity index (χ1v) is 8.83. The Morgan fingerprint density at radius 2 is 1.58 bits per heavy atom. The van der Waals surface area contributed by atoms with Crippen LogP contribution in [0.15, 0.2) is 54.6 Å². The molecule has 2 aromatic carbocycles. The average Bonchev–Trinajstić information content (AvgIpc) is 2.55. The minimum Gasteiger partial charge on any atom is -0.353 e. The van der Waals surface area contributed by atoms with Crippen LogP contribution in [0.1, 0.15) is 50.8 Å². The summed E-state index contributed by atoms with van der Waals surface area (Å²) >= 11 is 0. The molecule has 1 N–H and O–H groups in total. The van der Waals surface area contributed by atoms with Gasteiger partial charge in [0.05, 0.1) is 6.42 Å². The summed E-state index contributed by atoms with van der Waals surface area (Å²) in [5, 5.41) is 3.14. The van der Waals surface area contributed by atoms with Gasteiger partial charge in [-0.25, -0.2) is 0 Å². The quantitative estimate of drug-likeness (QED) is 0.788. The second-order valence-electron chi connectivity index (χ2n) is 7.27. The van der Waals surface area contributed by atoms with E-state index in [4.69, 9.17) is 0 Å². The molecule has 2 heteroatoms. The Hall–Kier alpha value is -2.09. The zero-order valence-electron chi connectivity index (χ0n) is 15.3. The van der Waals surface area contributed by atoms with Gasteiger partial charge in [0.2, 0.25) is 5.91 Å². The van der Waals surface area contributed by atoms with Gasteiger partial charge in [-0.05, 0) is 41.9 Å². The van der Waals surface area contributed by atoms with Gasteiger partial charge >= 0.3 is 0 Å². The number of benzene rings is 2. The standard InChI is InChI=1S/C22H29NO/c1-5-18-11-13-19(14-12-18)15-21(24)23-17(2)16-22(3,4)20-9-7-6-8-10-20/h6-14,17H,5,15-16H2,1-4H3,(H,23,24)/t17-/m1/s1. The maximum Gasteiger partial charge on any atom is 0.224 e. The summed E-state index contributed by atoms with van der Waals surface area (Å²) in [6, 6.07) is 18.9. The van der Waals surface area contributed by atoms with E-state index in [0.717, 1.165) is 18.4 Å². The number of hydrogen-bond acceptors (Lipinski definition) is 1. The number of nitrogens with one attached hydrogen (secondary N) is 1. The second kappa shape index (κ2) is 8.14. The van der Waals surface area contributed by atoms with Crippen LogP contribution >= 0.6 is 0 Å². The van der Waals surface area contributed by atoms with Crippen molar-refractivity contribution in [2.45, 2.75) is 58.4 Å². The summed E-state index contributed by atoms with van der Waals surface area (Å²) in [6.07, 6.45) is 2.38. The number of carbonyl (C=O) groups excluding carboxylic acids is 1. The Morgan fingerprint density at radius 1 is 1.00 bits per heavy atom. The molecular weight excluding hydrogens is 294 g/mol. The minimum atomic E-state index is 0.0384. The Bertz CT molecular complexity index is 643. The number of hydrogen-bond donors (Lipinski definition) is 1. The van der Waals surface area contributed by atoms with Crippen molar-refractivity contribution in [3.8, 4) is 0 Å². The molecule has 0 unspecified atom stereocenters. The number of amides is 1. The zero-order chi connectivity index (χ0) is 17.6. The lowest BCUT2D eigenvalue weighted by molar-refractivity contribution is -0.121. The summed E-state index contributed by atoms with van der Waals surface area (Å²) in [7, 11) is 0. The third-order valence-electron chi connectivity index (χ3n) is 4.58. The van der Waals surface area contributed by atoms with Gasteiger partial charge in [0.15, 0.2) is 0 Å². The first-order chi connectivity index (χ1) is 11.4. The molecule has 0 radical (unpaired) electrons. The molecule has 2 aromatic rings. The summed E-state index contributed by atoms with van der Waals surface area (Å²) in [4.78, 5) is 12.3. The molecule has 0 aliphatic rings. The van der Waals surface area contributed by atoms with E-state index >= 15 is 0 Å². The molecule has 0 saturated carbocycles. The summed E-state index contributed by atoms with van der Waals surface area (Å²) in [6.45, 7) is 8.68.